The average Bonchev–Trinajstić information content (AvgIpc) is 3.37. The molecule has 3 heterocycles. The van der Waals surface area contributed by atoms with Crippen molar-refractivity contribution in [3.05, 3.63) is 70.3 Å². The van der Waals surface area contributed by atoms with Crippen LogP contribution in [0.25, 0.3) is 11.3 Å². The van der Waals surface area contributed by atoms with Crippen molar-refractivity contribution in [3.8, 4) is 11.3 Å². The van der Waals surface area contributed by atoms with E-state index in [9.17, 15) is 18.0 Å². The van der Waals surface area contributed by atoms with E-state index in [4.69, 9.17) is 4.74 Å². The molecule has 0 bridgehead atoms. The van der Waals surface area contributed by atoms with Crippen LogP contribution in [-0.4, -0.2) is 38.8 Å². The number of alkyl halides is 3. The summed E-state index contributed by atoms with van der Waals surface area (Å²) < 4.78 is 47.2. The van der Waals surface area contributed by atoms with Gasteiger partial charge in [-0.05, 0) is 23.8 Å². The zero-order valence-corrected chi connectivity index (χ0v) is 16.1. The van der Waals surface area contributed by atoms with Crippen LogP contribution >= 0.6 is 0 Å². The van der Waals surface area contributed by atoms with E-state index >= 15 is 0 Å². The largest absolute Gasteiger partial charge is 0.416 e. The van der Waals surface area contributed by atoms with Crippen molar-refractivity contribution in [1.29, 1.82) is 0 Å². The van der Waals surface area contributed by atoms with E-state index in [-0.39, 0.29) is 24.3 Å². The standard InChI is InChI=1S/C20H20F3N5O2/c1-27-7-6-14(8-19(27)29)16-11-28(26-25-16)17-9-24-10-18(17)30-12-13-2-4-15(5-3-13)20(21,22)23/h2-8,11,17-18,24H,9-10,12H2,1H3. The fourth-order valence-electron chi connectivity index (χ4n) is 3.35. The third kappa shape index (κ3) is 4.29. The van der Waals surface area contributed by atoms with Crippen LogP contribution in [-0.2, 0) is 24.6 Å². The zero-order chi connectivity index (χ0) is 21.3. The Morgan fingerprint density at radius 1 is 1.20 bits per heavy atom. The predicted molar refractivity (Wildman–Crippen MR) is 103 cm³/mol. The predicted octanol–water partition coefficient (Wildman–Crippen LogP) is 2.39. The Morgan fingerprint density at radius 2 is 1.97 bits per heavy atom. The topological polar surface area (TPSA) is 74.0 Å². The first-order valence-electron chi connectivity index (χ1n) is 9.38. The van der Waals surface area contributed by atoms with Gasteiger partial charge in [0.2, 0.25) is 0 Å². The molecular formula is C20H20F3N5O2. The van der Waals surface area contributed by atoms with Crippen molar-refractivity contribution in [3.63, 3.8) is 0 Å². The first-order valence-corrected chi connectivity index (χ1v) is 9.38. The molecule has 0 spiro atoms. The number of hydrogen-bond donors (Lipinski definition) is 1. The summed E-state index contributed by atoms with van der Waals surface area (Å²) in [6.45, 7) is 1.40. The van der Waals surface area contributed by atoms with Crippen LogP contribution in [0, 0.1) is 0 Å². The summed E-state index contributed by atoms with van der Waals surface area (Å²) in [5.41, 5.74) is 1.10. The summed E-state index contributed by atoms with van der Waals surface area (Å²) >= 11 is 0. The van der Waals surface area contributed by atoms with E-state index in [1.807, 2.05) is 0 Å². The minimum Gasteiger partial charge on any atom is -0.370 e. The second kappa shape index (κ2) is 8.04. The number of pyridine rings is 1. The molecule has 3 aromatic rings. The molecule has 1 fully saturated rings. The van der Waals surface area contributed by atoms with E-state index in [0.717, 1.165) is 12.1 Å². The molecule has 2 aromatic heterocycles. The van der Waals surface area contributed by atoms with Crippen LogP contribution in [0.1, 0.15) is 17.2 Å². The number of nitrogens with one attached hydrogen (secondary N) is 1. The highest BCUT2D eigenvalue weighted by atomic mass is 19.4. The maximum atomic E-state index is 12.7. The lowest BCUT2D eigenvalue weighted by molar-refractivity contribution is -0.137. The Kier molecular flexibility index (Phi) is 5.44. The monoisotopic (exact) mass is 419 g/mol. The normalized spacial score (nSPS) is 19.3. The molecular weight excluding hydrogens is 399 g/mol. The molecule has 158 valence electrons. The summed E-state index contributed by atoms with van der Waals surface area (Å²) in [5, 5.41) is 11.6. The second-order valence-electron chi connectivity index (χ2n) is 7.22. The molecule has 2 unspecified atom stereocenters. The molecule has 1 aliphatic heterocycles. The van der Waals surface area contributed by atoms with Crippen LogP contribution < -0.4 is 10.9 Å². The van der Waals surface area contributed by atoms with Gasteiger partial charge in [0.25, 0.3) is 5.56 Å². The van der Waals surface area contributed by atoms with E-state index in [0.29, 0.717) is 29.9 Å². The van der Waals surface area contributed by atoms with Gasteiger partial charge in [-0.15, -0.1) is 5.10 Å². The number of ether oxygens (including phenoxy) is 1. The summed E-state index contributed by atoms with van der Waals surface area (Å²) in [4.78, 5) is 11.8. The Bertz CT molecular complexity index is 1080. The molecule has 30 heavy (non-hydrogen) atoms. The fraction of sp³-hybridized carbons (Fsp3) is 0.350. The van der Waals surface area contributed by atoms with Crippen molar-refractivity contribution < 1.29 is 17.9 Å². The first-order chi connectivity index (χ1) is 14.3. The number of benzene rings is 1. The molecule has 0 saturated carbocycles. The second-order valence-corrected chi connectivity index (χ2v) is 7.22. The minimum atomic E-state index is -4.35. The molecule has 0 radical (unpaired) electrons. The maximum Gasteiger partial charge on any atom is 0.416 e. The highest BCUT2D eigenvalue weighted by Gasteiger charge is 2.31. The zero-order valence-electron chi connectivity index (χ0n) is 16.1. The third-order valence-corrected chi connectivity index (χ3v) is 5.12. The van der Waals surface area contributed by atoms with Gasteiger partial charge in [-0.1, -0.05) is 17.3 Å². The highest BCUT2D eigenvalue weighted by Crippen LogP contribution is 2.29. The summed E-state index contributed by atoms with van der Waals surface area (Å²) in [6.07, 6.45) is -1.14. The molecule has 1 aliphatic rings. The van der Waals surface area contributed by atoms with Gasteiger partial charge >= 0.3 is 6.18 Å². The summed E-state index contributed by atoms with van der Waals surface area (Å²) in [6, 6.07) is 8.12. The van der Waals surface area contributed by atoms with Crippen molar-refractivity contribution in [1.82, 2.24) is 24.9 Å². The van der Waals surface area contributed by atoms with Gasteiger partial charge in [0.15, 0.2) is 0 Å². The lowest BCUT2D eigenvalue weighted by Gasteiger charge is -2.19. The van der Waals surface area contributed by atoms with Gasteiger partial charge < -0.3 is 14.6 Å². The fourth-order valence-corrected chi connectivity index (χ4v) is 3.35. The van der Waals surface area contributed by atoms with Crippen LogP contribution in [0.15, 0.2) is 53.6 Å². The summed E-state index contributed by atoms with van der Waals surface area (Å²) in [7, 11) is 1.67. The van der Waals surface area contributed by atoms with E-state index < -0.39 is 11.7 Å². The van der Waals surface area contributed by atoms with E-state index in [1.54, 1.807) is 30.2 Å². The van der Waals surface area contributed by atoms with Gasteiger partial charge in [-0.3, -0.25) is 4.79 Å². The van der Waals surface area contributed by atoms with Crippen LogP contribution in [0.5, 0.6) is 0 Å². The number of halogens is 3. The number of rotatable bonds is 5. The number of aromatic nitrogens is 4. The van der Waals surface area contributed by atoms with Gasteiger partial charge in [-0.2, -0.15) is 13.2 Å². The number of nitrogens with zero attached hydrogens (tertiary/aromatic N) is 4. The molecule has 1 N–H and O–H groups in total. The molecule has 1 saturated heterocycles. The molecule has 4 rings (SSSR count). The molecule has 7 nitrogen and oxygen atoms in total. The van der Waals surface area contributed by atoms with Gasteiger partial charge in [-0.25, -0.2) is 4.68 Å². The lowest BCUT2D eigenvalue weighted by atomic mass is 10.1. The van der Waals surface area contributed by atoms with Gasteiger partial charge in [0.05, 0.1) is 30.5 Å². The van der Waals surface area contributed by atoms with Crippen molar-refractivity contribution >= 4 is 0 Å². The molecule has 0 amide bonds. The minimum absolute atomic E-state index is 0.118. The quantitative estimate of drug-likeness (QED) is 0.688. The van der Waals surface area contributed by atoms with Crippen LogP contribution in [0.3, 0.4) is 0 Å². The SMILES string of the molecule is Cn1ccc(-c2cn(C3CNCC3OCc3ccc(C(F)(F)F)cc3)nn2)cc1=O. The third-order valence-electron chi connectivity index (χ3n) is 5.12. The van der Waals surface area contributed by atoms with Crippen LogP contribution in [0.4, 0.5) is 13.2 Å². The smallest absolute Gasteiger partial charge is 0.370 e. The van der Waals surface area contributed by atoms with E-state index in [2.05, 4.69) is 15.6 Å². The molecule has 1 aromatic carbocycles. The Hall–Kier alpha value is -2.98. The number of hydrogen-bond acceptors (Lipinski definition) is 5. The van der Waals surface area contributed by atoms with Crippen molar-refractivity contribution in [2.45, 2.75) is 24.9 Å². The van der Waals surface area contributed by atoms with Crippen molar-refractivity contribution in [2.24, 2.45) is 7.05 Å². The lowest BCUT2D eigenvalue weighted by Crippen LogP contribution is -2.26. The number of aryl methyl sites for hydroxylation is 1. The Labute approximate surface area is 170 Å². The first kappa shape index (κ1) is 20.3. The van der Waals surface area contributed by atoms with Gasteiger partial charge in [0, 0.05) is 38.0 Å². The molecule has 2 atom stereocenters. The Balaban J connectivity index is 1.43. The Morgan fingerprint density at radius 3 is 2.67 bits per heavy atom. The average molecular weight is 419 g/mol. The van der Waals surface area contributed by atoms with E-state index in [1.165, 1.54) is 22.8 Å². The van der Waals surface area contributed by atoms with Crippen molar-refractivity contribution in [2.75, 3.05) is 13.1 Å². The highest BCUT2D eigenvalue weighted by molar-refractivity contribution is 5.56. The van der Waals surface area contributed by atoms with Crippen LogP contribution in [0.2, 0.25) is 0 Å². The molecule has 10 heteroatoms. The van der Waals surface area contributed by atoms with Gasteiger partial charge in [0.1, 0.15) is 5.69 Å². The summed E-state index contributed by atoms with van der Waals surface area (Å²) in [5.74, 6) is 0. The molecule has 0 aliphatic carbocycles. The maximum absolute atomic E-state index is 12.7.